The molecular formula is C18H25N5S. The van der Waals surface area contributed by atoms with Crippen molar-refractivity contribution in [1.29, 1.82) is 0 Å². The van der Waals surface area contributed by atoms with Crippen molar-refractivity contribution >= 4 is 11.8 Å². The minimum atomic E-state index is 0.813. The van der Waals surface area contributed by atoms with Gasteiger partial charge in [-0.2, -0.15) is 0 Å². The first kappa shape index (κ1) is 16.0. The Morgan fingerprint density at radius 2 is 1.88 bits per heavy atom. The summed E-state index contributed by atoms with van der Waals surface area (Å²) in [6.45, 7) is 5.61. The molecule has 128 valence electrons. The van der Waals surface area contributed by atoms with Crippen LogP contribution in [0.15, 0.2) is 46.5 Å². The lowest BCUT2D eigenvalue weighted by Gasteiger charge is -2.37. The van der Waals surface area contributed by atoms with Crippen molar-refractivity contribution in [1.82, 2.24) is 25.1 Å². The van der Waals surface area contributed by atoms with E-state index in [0.29, 0.717) is 0 Å². The van der Waals surface area contributed by atoms with Gasteiger partial charge in [0.1, 0.15) is 5.82 Å². The van der Waals surface area contributed by atoms with E-state index in [1.807, 2.05) is 6.07 Å². The first-order valence-electron chi connectivity index (χ1n) is 8.97. The number of hydrogen-bond acceptors (Lipinski definition) is 6. The lowest BCUT2D eigenvalue weighted by molar-refractivity contribution is 0.132. The van der Waals surface area contributed by atoms with Crippen LogP contribution in [0.5, 0.6) is 0 Å². The maximum Gasteiger partial charge on any atom is 0.192 e. The normalized spacial score (nSPS) is 22.9. The number of allylic oxidation sites excluding steroid dienone is 2. The number of thioether (sulfide) groups is 1. The zero-order valence-corrected chi connectivity index (χ0v) is 14.8. The van der Waals surface area contributed by atoms with Gasteiger partial charge in [0.2, 0.25) is 0 Å². The van der Waals surface area contributed by atoms with Crippen molar-refractivity contribution in [3.05, 3.63) is 41.3 Å². The topological polar surface area (TPSA) is 44.3 Å². The second-order valence-electron chi connectivity index (χ2n) is 6.63. The lowest BCUT2D eigenvalue weighted by Crippen LogP contribution is -2.42. The summed E-state index contributed by atoms with van der Waals surface area (Å²) in [4.78, 5) is 15.0. The standard InChI is InChI=1S/C18H25N5S/c1-4-15(5-1)22-10-3-11-23(13-12-22)17-7-6-16(14-21-17)24-18-19-8-2-9-20-18/h2,6-9,15,21H,1,3-5,10-14H2. The fourth-order valence-electron chi connectivity index (χ4n) is 3.51. The van der Waals surface area contributed by atoms with Gasteiger partial charge < -0.3 is 10.2 Å². The van der Waals surface area contributed by atoms with E-state index in [1.165, 1.54) is 49.5 Å². The minimum absolute atomic E-state index is 0.813. The number of nitrogens with zero attached hydrogens (tertiary/aromatic N) is 4. The second-order valence-corrected chi connectivity index (χ2v) is 7.73. The van der Waals surface area contributed by atoms with E-state index in [4.69, 9.17) is 0 Å². The summed E-state index contributed by atoms with van der Waals surface area (Å²) in [6, 6.07) is 2.72. The number of hydrogen-bond donors (Lipinski definition) is 1. The molecule has 3 aliphatic rings. The second kappa shape index (κ2) is 7.57. The Labute approximate surface area is 148 Å². The zero-order chi connectivity index (χ0) is 16.2. The molecule has 0 bridgehead atoms. The van der Waals surface area contributed by atoms with Crippen LogP contribution in [0.4, 0.5) is 0 Å². The molecule has 0 unspecified atom stereocenters. The summed E-state index contributed by atoms with van der Waals surface area (Å²) in [6.07, 6.45) is 13.5. The van der Waals surface area contributed by atoms with Crippen LogP contribution in [0.25, 0.3) is 0 Å². The molecule has 0 atom stereocenters. The Balaban J connectivity index is 1.35. The van der Waals surface area contributed by atoms with Gasteiger partial charge in [0.05, 0.1) is 0 Å². The molecule has 3 heterocycles. The van der Waals surface area contributed by atoms with Crippen LogP contribution >= 0.6 is 11.8 Å². The van der Waals surface area contributed by atoms with Gasteiger partial charge in [-0.3, -0.25) is 4.90 Å². The van der Waals surface area contributed by atoms with E-state index in [1.54, 1.807) is 24.2 Å². The van der Waals surface area contributed by atoms with Crippen molar-refractivity contribution in [2.24, 2.45) is 0 Å². The van der Waals surface area contributed by atoms with Gasteiger partial charge in [-0.15, -0.1) is 0 Å². The van der Waals surface area contributed by atoms with Crippen molar-refractivity contribution in [2.75, 3.05) is 32.7 Å². The molecule has 5 nitrogen and oxygen atoms in total. The van der Waals surface area contributed by atoms with Crippen molar-refractivity contribution in [3.8, 4) is 0 Å². The molecule has 2 fully saturated rings. The van der Waals surface area contributed by atoms with Crippen LogP contribution in [-0.4, -0.2) is 58.5 Å². The SMILES string of the molecule is C1=C(Sc2ncccn2)CNC(N2CCCN(C3CCC3)CC2)=C1. The van der Waals surface area contributed by atoms with E-state index in [0.717, 1.165) is 30.8 Å². The monoisotopic (exact) mass is 343 g/mol. The highest BCUT2D eigenvalue weighted by Gasteiger charge is 2.27. The molecule has 1 saturated heterocycles. The maximum absolute atomic E-state index is 4.28. The summed E-state index contributed by atoms with van der Waals surface area (Å²) in [5.74, 6) is 1.27. The van der Waals surface area contributed by atoms with Crippen LogP contribution in [0, 0.1) is 0 Å². The summed E-state index contributed by atoms with van der Waals surface area (Å²) >= 11 is 1.64. The molecule has 1 aromatic heterocycles. The van der Waals surface area contributed by atoms with Crippen LogP contribution in [-0.2, 0) is 0 Å². The molecule has 4 rings (SSSR count). The third kappa shape index (κ3) is 3.75. The van der Waals surface area contributed by atoms with E-state index >= 15 is 0 Å². The van der Waals surface area contributed by atoms with E-state index in [-0.39, 0.29) is 0 Å². The Morgan fingerprint density at radius 1 is 1.00 bits per heavy atom. The smallest absolute Gasteiger partial charge is 0.192 e. The molecule has 0 amide bonds. The Hall–Kier alpha value is -1.53. The average Bonchev–Trinajstić information content (AvgIpc) is 2.81. The van der Waals surface area contributed by atoms with Crippen molar-refractivity contribution in [3.63, 3.8) is 0 Å². The Kier molecular flexibility index (Phi) is 5.04. The molecule has 0 spiro atoms. The fraction of sp³-hybridized carbons (Fsp3) is 0.556. The van der Waals surface area contributed by atoms with Gasteiger partial charge in [0, 0.05) is 56.1 Å². The van der Waals surface area contributed by atoms with E-state index < -0.39 is 0 Å². The largest absolute Gasteiger partial charge is 0.367 e. The highest BCUT2D eigenvalue weighted by Crippen LogP contribution is 2.27. The molecule has 1 aliphatic carbocycles. The van der Waals surface area contributed by atoms with Crippen LogP contribution in [0.2, 0.25) is 0 Å². The minimum Gasteiger partial charge on any atom is -0.367 e. The van der Waals surface area contributed by atoms with Crippen LogP contribution < -0.4 is 5.32 Å². The highest BCUT2D eigenvalue weighted by atomic mass is 32.2. The third-order valence-corrected chi connectivity index (χ3v) is 6.03. The molecule has 1 N–H and O–H groups in total. The molecular weight excluding hydrogens is 318 g/mol. The molecule has 1 saturated carbocycles. The highest BCUT2D eigenvalue weighted by molar-refractivity contribution is 8.03. The van der Waals surface area contributed by atoms with Gasteiger partial charge >= 0.3 is 0 Å². The number of rotatable bonds is 4. The van der Waals surface area contributed by atoms with E-state index in [9.17, 15) is 0 Å². The van der Waals surface area contributed by atoms with Crippen LogP contribution in [0.3, 0.4) is 0 Å². The fourth-order valence-corrected chi connectivity index (χ4v) is 4.25. The predicted molar refractivity (Wildman–Crippen MR) is 97.5 cm³/mol. The number of dihydropyridines is 1. The quantitative estimate of drug-likeness (QED) is 0.847. The van der Waals surface area contributed by atoms with Gasteiger partial charge in [0.25, 0.3) is 0 Å². The molecule has 2 aliphatic heterocycles. The summed E-state index contributed by atoms with van der Waals surface area (Å²) in [5.41, 5.74) is 0. The van der Waals surface area contributed by atoms with Gasteiger partial charge in [-0.25, -0.2) is 9.97 Å². The third-order valence-electron chi connectivity index (χ3n) is 5.10. The summed E-state index contributed by atoms with van der Waals surface area (Å²) in [5, 5.41) is 4.40. The Bertz CT molecular complexity index is 611. The number of nitrogens with one attached hydrogen (secondary N) is 1. The summed E-state index contributed by atoms with van der Waals surface area (Å²) in [7, 11) is 0. The molecule has 1 aromatic rings. The van der Waals surface area contributed by atoms with Crippen LogP contribution in [0.1, 0.15) is 25.7 Å². The zero-order valence-electron chi connectivity index (χ0n) is 14.0. The molecule has 0 aromatic carbocycles. The van der Waals surface area contributed by atoms with E-state index in [2.05, 4.69) is 37.2 Å². The van der Waals surface area contributed by atoms with Crippen molar-refractivity contribution in [2.45, 2.75) is 36.9 Å². The predicted octanol–water partition coefficient (Wildman–Crippen LogP) is 2.46. The van der Waals surface area contributed by atoms with Gasteiger partial charge in [-0.05, 0) is 37.5 Å². The average molecular weight is 344 g/mol. The first-order chi connectivity index (χ1) is 11.9. The van der Waals surface area contributed by atoms with Gasteiger partial charge in [0.15, 0.2) is 5.16 Å². The first-order valence-corrected chi connectivity index (χ1v) is 9.79. The summed E-state index contributed by atoms with van der Waals surface area (Å²) < 4.78 is 0. The van der Waals surface area contributed by atoms with Crippen molar-refractivity contribution < 1.29 is 0 Å². The Morgan fingerprint density at radius 3 is 2.58 bits per heavy atom. The number of aromatic nitrogens is 2. The molecule has 6 heteroatoms. The molecule has 24 heavy (non-hydrogen) atoms. The molecule has 0 radical (unpaired) electrons. The van der Waals surface area contributed by atoms with Gasteiger partial charge in [-0.1, -0.05) is 18.2 Å². The maximum atomic E-state index is 4.28. The lowest BCUT2D eigenvalue weighted by atomic mass is 9.91.